The Hall–Kier alpha value is -1.87. The SMILES string of the molecule is Cc1cc(C(C)(C)C)ccc1Oc1nccc(C)c1CN. The van der Waals surface area contributed by atoms with E-state index in [1.807, 2.05) is 19.1 Å². The minimum atomic E-state index is 0.132. The number of ether oxygens (including phenoxy) is 1. The van der Waals surface area contributed by atoms with Crippen molar-refractivity contribution in [3.8, 4) is 11.6 Å². The molecule has 2 rings (SSSR count). The number of nitrogens with two attached hydrogens (primary N) is 1. The maximum atomic E-state index is 5.99. The second-order valence-corrected chi connectivity index (χ2v) is 6.45. The van der Waals surface area contributed by atoms with Crippen molar-refractivity contribution >= 4 is 0 Å². The molecule has 3 nitrogen and oxygen atoms in total. The molecule has 2 N–H and O–H groups in total. The van der Waals surface area contributed by atoms with E-state index < -0.39 is 0 Å². The molecule has 0 saturated heterocycles. The van der Waals surface area contributed by atoms with E-state index in [1.165, 1.54) is 5.56 Å². The van der Waals surface area contributed by atoms with Gasteiger partial charge in [0.15, 0.2) is 0 Å². The zero-order valence-corrected chi connectivity index (χ0v) is 13.5. The molecule has 3 heteroatoms. The number of rotatable bonds is 3. The molecule has 21 heavy (non-hydrogen) atoms. The van der Waals surface area contributed by atoms with E-state index >= 15 is 0 Å². The van der Waals surface area contributed by atoms with Gasteiger partial charge in [0, 0.05) is 18.3 Å². The largest absolute Gasteiger partial charge is 0.438 e. The number of hydrogen-bond donors (Lipinski definition) is 1. The van der Waals surface area contributed by atoms with Crippen molar-refractivity contribution in [3.05, 3.63) is 52.7 Å². The van der Waals surface area contributed by atoms with Crippen LogP contribution < -0.4 is 10.5 Å². The van der Waals surface area contributed by atoms with Crippen molar-refractivity contribution in [2.75, 3.05) is 0 Å². The molecule has 112 valence electrons. The van der Waals surface area contributed by atoms with Crippen molar-refractivity contribution in [2.45, 2.75) is 46.6 Å². The number of aromatic nitrogens is 1. The van der Waals surface area contributed by atoms with Crippen LogP contribution in [0.4, 0.5) is 0 Å². The molecule has 0 aliphatic rings. The molecule has 0 aliphatic heterocycles. The number of nitrogens with zero attached hydrogens (tertiary/aromatic N) is 1. The first-order valence-corrected chi connectivity index (χ1v) is 7.26. The van der Waals surface area contributed by atoms with Gasteiger partial charge in [-0.05, 0) is 48.1 Å². The van der Waals surface area contributed by atoms with Crippen molar-refractivity contribution in [1.82, 2.24) is 4.98 Å². The topological polar surface area (TPSA) is 48.1 Å². The number of aryl methyl sites for hydroxylation is 2. The highest BCUT2D eigenvalue weighted by atomic mass is 16.5. The Balaban J connectivity index is 2.35. The summed E-state index contributed by atoms with van der Waals surface area (Å²) in [6.07, 6.45) is 1.75. The smallest absolute Gasteiger partial charge is 0.223 e. The molecule has 1 heterocycles. The van der Waals surface area contributed by atoms with Crippen LogP contribution in [0.3, 0.4) is 0 Å². The van der Waals surface area contributed by atoms with E-state index in [4.69, 9.17) is 10.5 Å². The fourth-order valence-electron chi connectivity index (χ4n) is 2.23. The van der Waals surface area contributed by atoms with Crippen LogP contribution in [0.25, 0.3) is 0 Å². The molecule has 0 atom stereocenters. The Labute approximate surface area is 127 Å². The maximum Gasteiger partial charge on any atom is 0.223 e. The van der Waals surface area contributed by atoms with Gasteiger partial charge < -0.3 is 10.5 Å². The first-order chi connectivity index (χ1) is 9.82. The summed E-state index contributed by atoms with van der Waals surface area (Å²) in [5, 5.41) is 0. The summed E-state index contributed by atoms with van der Waals surface area (Å²) in [5.74, 6) is 1.43. The molecule has 1 aromatic carbocycles. The van der Waals surface area contributed by atoms with E-state index in [-0.39, 0.29) is 5.41 Å². The van der Waals surface area contributed by atoms with Crippen LogP contribution in [-0.2, 0) is 12.0 Å². The molecule has 0 spiro atoms. The van der Waals surface area contributed by atoms with Gasteiger partial charge in [0.05, 0.1) is 0 Å². The number of benzene rings is 1. The summed E-state index contributed by atoms with van der Waals surface area (Å²) in [5.41, 5.74) is 10.4. The van der Waals surface area contributed by atoms with Gasteiger partial charge in [0.25, 0.3) is 0 Å². The molecular formula is C18H24N2O. The van der Waals surface area contributed by atoms with Gasteiger partial charge in [-0.25, -0.2) is 4.98 Å². The summed E-state index contributed by atoms with van der Waals surface area (Å²) in [4.78, 5) is 4.32. The average Bonchev–Trinajstić information content (AvgIpc) is 2.40. The lowest BCUT2D eigenvalue weighted by atomic mass is 9.86. The standard InChI is InChI=1S/C18H24N2O/c1-12-8-9-20-17(15(12)11-19)21-16-7-6-14(10-13(16)2)18(3,4)5/h6-10H,11,19H2,1-5H3. The third-order valence-electron chi connectivity index (χ3n) is 3.70. The van der Waals surface area contributed by atoms with Crippen molar-refractivity contribution < 1.29 is 4.74 Å². The molecule has 0 bridgehead atoms. The van der Waals surface area contributed by atoms with Gasteiger partial charge in [-0.15, -0.1) is 0 Å². The van der Waals surface area contributed by atoms with Crippen LogP contribution in [-0.4, -0.2) is 4.98 Å². The maximum absolute atomic E-state index is 5.99. The summed E-state index contributed by atoms with van der Waals surface area (Å²) in [7, 11) is 0. The van der Waals surface area contributed by atoms with Gasteiger partial charge in [-0.3, -0.25) is 0 Å². The lowest BCUT2D eigenvalue weighted by Gasteiger charge is -2.20. The zero-order chi connectivity index (χ0) is 15.6. The van der Waals surface area contributed by atoms with E-state index in [9.17, 15) is 0 Å². The molecule has 0 unspecified atom stereocenters. The summed E-state index contributed by atoms with van der Waals surface area (Å²) < 4.78 is 5.99. The minimum Gasteiger partial charge on any atom is -0.438 e. The Kier molecular flexibility index (Phi) is 4.33. The molecule has 0 aliphatic carbocycles. The van der Waals surface area contributed by atoms with Crippen LogP contribution in [0.1, 0.15) is 43.0 Å². The normalized spacial score (nSPS) is 11.5. The summed E-state index contributed by atoms with van der Waals surface area (Å²) in [6, 6.07) is 8.25. The zero-order valence-electron chi connectivity index (χ0n) is 13.5. The van der Waals surface area contributed by atoms with Crippen molar-refractivity contribution in [3.63, 3.8) is 0 Å². The Morgan fingerprint density at radius 2 is 1.81 bits per heavy atom. The second kappa shape index (κ2) is 5.86. The molecule has 2 aromatic rings. The van der Waals surface area contributed by atoms with E-state index in [1.54, 1.807) is 6.20 Å². The van der Waals surface area contributed by atoms with Gasteiger partial charge in [-0.2, -0.15) is 0 Å². The van der Waals surface area contributed by atoms with Gasteiger partial charge in [0.1, 0.15) is 5.75 Å². The van der Waals surface area contributed by atoms with Crippen LogP contribution in [0.15, 0.2) is 30.5 Å². The van der Waals surface area contributed by atoms with Crippen molar-refractivity contribution in [1.29, 1.82) is 0 Å². The second-order valence-electron chi connectivity index (χ2n) is 6.45. The summed E-state index contributed by atoms with van der Waals surface area (Å²) in [6.45, 7) is 11.1. The quantitative estimate of drug-likeness (QED) is 0.916. The first kappa shape index (κ1) is 15.5. The molecule has 1 aromatic heterocycles. The third kappa shape index (κ3) is 3.42. The van der Waals surface area contributed by atoms with E-state index in [0.29, 0.717) is 12.4 Å². The lowest BCUT2D eigenvalue weighted by Crippen LogP contribution is -2.11. The van der Waals surface area contributed by atoms with Crippen LogP contribution in [0.5, 0.6) is 11.6 Å². The molecule has 0 radical (unpaired) electrons. The van der Waals surface area contributed by atoms with E-state index in [2.05, 4.69) is 44.8 Å². The first-order valence-electron chi connectivity index (χ1n) is 7.26. The predicted molar refractivity (Wildman–Crippen MR) is 86.8 cm³/mol. The van der Waals surface area contributed by atoms with Gasteiger partial charge in [0.2, 0.25) is 5.88 Å². The average molecular weight is 284 g/mol. The van der Waals surface area contributed by atoms with E-state index in [0.717, 1.165) is 22.4 Å². The lowest BCUT2D eigenvalue weighted by molar-refractivity contribution is 0.451. The fraction of sp³-hybridized carbons (Fsp3) is 0.389. The highest BCUT2D eigenvalue weighted by molar-refractivity contribution is 5.43. The van der Waals surface area contributed by atoms with Crippen LogP contribution >= 0.6 is 0 Å². The molecule has 0 saturated carbocycles. The monoisotopic (exact) mass is 284 g/mol. The van der Waals surface area contributed by atoms with Gasteiger partial charge >= 0.3 is 0 Å². The van der Waals surface area contributed by atoms with Gasteiger partial charge in [-0.1, -0.05) is 32.9 Å². The van der Waals surface area contributed by atoms with Crippen LogP contribution in [0.2, 0.25) is 0 Å². The number of pyridine rings is 1. The Bertz CT molecular complexity index is 642. The van der Waals surface area contributed by atoms with Crippen LogP contribution in [0, 0.1) is 13.8 Å². The molecule has 0 amide bonds. The summed E-state index contributed by atoms with van der Waals surface area (Å²) >= 11 is 0. The molecule has 0 fully saturated rings. The minimum absolute atomic E-state index is 0.132. The highest BCUT2D eigenvalue weighted by Gasteiger charge is 2.16. The Morgan fingerprint density at radius 3 is 2.38 bits per heavy atom. The predicted octanol–water partition coefficient (Wildman–Crippen LogP) is 4.25. The highest BCUT2D eigenvalue weighted by Crippen LogP contribution is 2.31. The third-order valence-corrected chi connectivity index (χ3v) is 3.70. The molecular weight excluding hydrogens is 260 g/mol. The Morgan fingerprint density at radius 1 is 1.10 bits per heavy atom. The van der Waals surface area contributed by atoms with Crippen molar-refractivity contribution in [2.24, 2.45) is 5.73 Å². The fourth-order valence-corrected chi connectivity index (χ4v) is 2.23. The number of hydrogen-bond acceptors (Lipinski definition) is 3.